The van der Waals surface area contributed by atoms with Crippen LogP contribution in [0.25, 0.3) is 0 Å². The van der Waals surface area contributed by atoms with Crippen molar-refractivity contribution in [2.24, 2.45) is 5.92 Å². The van der Waals surface area contributed by atoms with Crippen LogP contribution in [0.15, 0.2) is 0 Å². The molecule has 2 rings (SSSR count). The van der Waals surface area contributed by atoms with Crippen molar-refractivity contribution in [2.75, 3.05) is 59.5 Å². The Morgan fingerprint density at radius 1 is 1.10 bits per heavy atom. The van der Waals surface area contributed by atoms with Gasteiger partial charge >= 0.3 is 5.97 Å². The minimum absolute atomic E-state index is 0.0678. The molecule has 122 valence electrons. The third-order valence-corrected chi connectivity index (χ3v) is 4.54. The monoisotopic (exact) mass is 297 g/mol. The lowest BCUT2D eigenvalue weighted by molar-refractivity contribution is -0.146. The second-order valence-electron chi connectivity index (χ2n) is 6.92. The van der Waals surface area contributed by atoms with Gasteiger partial charge < -0.3 is 9.64 Å². The molecule has 0 aromatic heterocycles. The van der Waals surface area contributed by atoms with Crippen LogP contribution in [0.1, 0.15) is 26.7 Å². The van der Waals surface area contributed by atoms with Gasteiger partial charge in [-0.15, -0.1) is 0 Å². The highest BCUT2D eigenvalue weighted by Crippen LogP contribution is 2.18. The summed E-state index contributed by atoms with van der Waals surface area (Å²) < 4.78 is 5.26. The Kier molecular flexibility index (Phi) is 6.45. The maximum atomic E-state index is 11.8. The normalized spacial score (nSPS) is 23.6. The van der Waals surface area contributed by atoms with Gasteiger partial charge in [-0.2, -0.15) is 0 Å². The number of likely N-dealkylation sites (tertiary alicyclic amines) is 1. The highest BCUT2D eigenvalue weighted by Gasteiger charge is 2.27. The van der Waals surface area contributed by atoms with Gasteiger partial charge in [-0.3, -0.25) is 14.6 Å². The summed E-state index contributed by atoms with van der Waals surface area (Å²) in [5.74, 6) is 0.346. The standard InChI is InChI=1S/C16H31N3O2/c1-14(2)13-21-16(20)12-18-6-4-15(5-7-18)19-10-8-17(3)9-11-19/h14-15H,4-13H2,1-3H3. The molecule has 0 unspecified atom stereocenters. The molecule has 0 aliphatic carbocycles. The topological polar surface area (TPSA) is 36.0 Å². The Bertz CT molecular complexity index is 319. The lowest BCUT2D eigenvalue weighted by Crippen LogP contribution is -2.52. The van der Waals surface area contributed by atoms with E-state index in [1.165, 1.54) is 39.0 Å². The fraction of sp³-hybridized carbons (Fsp3) is 0.938. The van der Waals surface area contributed by atoms with E-state index in [9.17, 15) is 4.79 Å². The average molecular weight is 297 g/mol. The van der Waals surface area contributed by atoms with Gasteiger partial charge in [0.1, 0.15) is 0 Å². The van der Waals surface area contributed by atoms with Gasteiger partial charge in [-0.1, -0.05) is 13.8 Å². The SMILES string of the molecule is CC(C)COC(=O)CN1CCC(N2CCN(C)CC2)CC1. The first-order valence-corrected chi connectivity index (χ1v) is 8.35. The largest absolute Gasteiger partial charge is 0.464 e. The van der Waals surface area contributed by atoms with Crippen molar-refractivity contribution in [1.82, 2.24) is 14.7 Å². The number of rotatable bonds is 5. The van der Waals surface area contributed by atoms with Crippen LogP contribution in [-0.2, 0) is 9.53 Å². The summed E-state index contributed by atoms with van der Waals surface area (Å²) in [4.78, 5) is 19.0. The average Bonchev–Trinajstić information content (AvgIpc) is 2.47. The van der Waals surface area contributed by atoms with Gasteiger partial charge in [0.25, 0.3) is 0 Å². The van der Waals surface area contributed by atoms with Gasteiger partial charge in [0.15, 0.2) is 0 Å². The molecule has 0 amide bonds. The van der Waals surface area contributed by atoms with E-state index in [4.69, 9.17) is 4.74 Å². The minimum Gasteiger partial charge on any atom is -0.464 e. The molecule has 0 aromatic rings. The molecule has 0 aromatic carbocycles. The summed E-state index contributed by atoms with van der Waals surface area (Å²) in [6.07, 6.45) is 2.36. The van der Waals surface area contributed by atoms with E-state index >= 15 is 0 Å². The van der Waals surface area contributed by atoms with E-state index in [-0.39, 0.29) is 5.97 Å². The number of carbonyl (C=O) groups excluding carboxylic acids is 1. The Morgan fingerprint density at radius 3 is 2.29 bits per heavy atom. The van der Waals surface area contributed by atoms with Gasteiger partial charge in [-0.05, 0) is 25.8 Å². The third kappa shape index (κ3) is 5.57. The molecule has 5 nitrogen and oxygen atoms in total. The molecular weight excluding hydrogens is 266 g/mol. The fourth-order valence-corrected chi connectivity index (χ4v) is 3.12. The van der Waals surface area contributed by atoms with Crippen LogP contribution in [0, 0.1) is 5.92 Å². The number of hydrogen-bond acceptors (Lipinski definition) is 5. The molecule has 0 spiro atoms. The number of piperidine rings is 1. The number of nitrogens with zero attached hydrogens (tertiary/aromatic N) is 3. The van der Waals surface area contributed by atoms with Crippen molar-refractivity contribution in [2.45, 2.75) is 32.7 Å². The lowest BCUT2D eigenvalue weighted by Gasteiger charge is -2.41. The highest BCUT2D eigenvalue weighted by atomic mass is 16.5. The molecule has 0 saturated carbocycles. The Morgan fingerprint density at radius 2 is 1.71 bits per heavy atom. The van der Waals surface area contributed by atoms with Crippen LogP contribution in [0.5, 0.6) is 0 Å². The van der Waals surface area contributed by atoms with Crippen LogP contribution in [0.3, 0.4) is 0 Å². The van der Waals surface area contributed by atoms with E-state index in [0.29, 0.717) is 25.1 Å². The smallest absolute Gasteiger partial charge is 0.320 e. The van der Waals surface area contributed by atoms with E-state index < -0.39 is 0 Å². The second kappa shape index (κ2) is 8.11. The Labute approximate surface area is 129 Å². The summed E-state index contributed by atoms with van der Waals surface area (Å²) in [6, 6.07) is 0.710. The minimum atomic E-state index is -0.0678. The number of esters is 1. The van der Waals surface area contributed by atoms with Crippen molar-refractivity contribution in [3.8, 4) is 0 Å². The first-order chi connectivity index (χ1) is 10.0. The van der Waals surface area contributed by atoms with Crippen molar-refractivity contribution in [1.29, 1.82) is 0 Å². The summed E-state index contributed by atoms with van der Waals surface area (Å²) in [5.41, 5.74) is 0. The predicted molar refractivity (Wildman–Crippen MR) is 84.3 cm³/mol. The van der Waals surface area contributed by atoms with E-state index in [2.05, 4.69) is 35.6 Å². The molecule has 2 heterocycles. The molecule has 21 heavy (non-hydrogen) atoms. The van der Waals surface area contributed by atoms with E-state index in [0.717, 1.165) is 13.1 Å². The van der Waals surface area contributed by atoms with Gasteiger partial charge in [0, 0.05) is 45.3 Å². The molecular formula is C16H31N3O2. The highest BCUT2D eigenvalue weighted by molar-refractivity contribution is 5.71. The van der Waals surface area contributed by atoms with Crippen LogP contribution in [0.4, 0.5) is 0 Å². The molecule has 5 heteroatoms. The molecule has 0 bridgehead atoms. The number of likely N-dealkylation sites (N-methyl/N-ethyl adjacent to an activating group) is 1. The quantitative estimate of drug-likeness (QED) is 0.705. The van der Waals surface area contributed by atoms with Gasteiger partial charge in [-0.25, -0.2) is 0 Å². The van der Waals surface area contributed by atoms with Crippen LogP contribution >= 0.6 is 0 Å². The van der Waals surface area contributed by atoms with Crippen LogP contribution in [0.2, 0.25) is 0 Å². The lowest BCUT2D eigenvalue weighted by atomic mass is 10.0. The van der Waals surface area contributed by atoms with Gasteiger partial charge in [0.05, 0.1) is 13.2 Å². The molecule has 0 atom stereocenters. The number of ether oxygens (including phenoxy) is 1. The second-order valence-corrected chi connectivity index (χ2v) is 6.92. The molecule has 0 N–H and O–H groups in total. The Balaban J connectivity index is 1.65. The van der Waals surface area contributed by atoms with E-state index in [1.54, 1.807) is 0 Å². The predicted octanol–water partition coefficient (Wildman–Crippen LogP) is 0.897. The summed E-state index contributed by atoms with van der Waals surface area (Å²) in [6.45, 7) is 11.9. The Hall–Kier alpha value is -0.650. The number of hydrogen-bond donors (Lipinski definition) is 0. The number of carbonyl (C=O) groups is 1. The molecule has 2 saturated heterocycles. The van der Waals surface area contributed by atoms with Crippen molar-refractivity contribution < 1.29 is 9.53 Å². The molecule has 2 fully saturated rings. The van der Waals surface area contributed by atoms with Crippen molar-refractivity contribution in [3.05, 3.63) is 0 Å². The molecule has 2 aliphatic rings. The first kappa shape index (κ1) is 16.7. The fourth-order valence-electron chi connectivity index (χ4n) is 3.12. The van der Waals surface area contributed by atoms with Crippen molar-refractivity contribution in [3.63, 3.8) is 0 Å². The maximum absolute atomic E-state index is 11.8. The first-order valence-electron chi connectivity index (χ1n) is 8.35. The van der Waals surface area contributed by atoms with Crippen LogP contribution < -0.4 is 0 Å². The molecule has 2 aliphatic heterocycles. The maximum Gasteiger partial charge on any atom is 0.320 e. The van der Waals surface area contributed by atoms with Crippen LogP contribution in [-0.4, -0.2) is 86.2 Å². The number of piperazine rings is 1. The van der Waals surface area contributed by atoms with E-state index in [1.807, 2.05) is 0 Å². The van der Waals surface area contributed by atoms with Crippen molar-refractivity contribution >= 4 is 5.97 Å². The molecule has 0 radical (unpaired) electrons. The summed E-state index contributed by atoms with van der Waals surface area (Å²) >= 11 is 0. The summed E-state index contributed by atoms with van der Waals surface area (Å²) in [5, 5.41) is 0. The zero-order valence-corrected chi connectivity index (χ0v) is 13.9. The zero-order chi connectivity index (χ0) is 15.2. The van der Waals surface area contributed by atoms with Gasteiger partial charge in [0.2, 0.25) is 0 Å². The third-order valence-electron chi connectivity index (χ3n) is 4.54. The summed E-state index contributed by atoms with van der Waals surface area (Å²) in [7, 11) is 2.20. The zero-order valence-electron chi connectivity index (χ0n) is 13.9.